The number of anilines is 2. The van der Waals surface area contributed by atoms with Crippen LogP contribution in [-0.2, 0) is 0 Å². The van der Waals surface area contributed by atoms with Crippen LogP contribution in [0.15, 0.2) is 30.3 Å². The van der Waals surface area contributed by atoms with Gasteiger partial charge < -0.3 is 16.6 Å². The Labute approximate surface area is 123 Å². The first-order valence-electron chi connectivity index (χ1n) is 4.64. The number of hydrogen-bond acceptors (Lipinski definition) is 3. The van der Waals surface area contributed by atoms with Crippen LogP contribution in [0.3, 0.4) is 0 Å². The van der Waals surface area contributed by atoms with Crippen molar-refractivity contribution in [2.24, 2.45) is 5.73 Å². The smallest absolute Gasteiger partial charge is 0.248 e. The van der Waals surface area contributed by atoms with Crippen molar-refractivity contribution in [1.29, 1.82) is 0 Å². The molecule has 4 N–H and O–H groups in total. The SMILES string of the molecule is Cl.Cl.Cl.NC(=O)c1cc2c3c(cccc3c1)NN2. The zero-order valence-corrected chi connectivity index (χ0v) is 11.5. The second kappa shape index (κ2) is 6.00. The summed E-state index contributed by atoms with van der Waals surface area (Å²) >= 11 is 0. The molecule has 0 saturated heterocycles. The third kappa shape index (κ3) is 2.41. The molecule has 0 atom stereocenters. The number of halogens is 3. The van der Waals surface area contributed by atoms with E-state index in [2.05, 4.69) is 10.9 Å². The number of carbonyl (C=O) groups excluding carboxylic acids is 1. The quantitative estimate of drug-likeness (QED) is 0.759. The summed E-state index contributed by atoms with van der Waals surface area (Å²) in [6, 6.07) is 9.44. The van der Waals surface area contributed by atoms with Crippen LogP contribution in [0.4, 0.5) is 11.4 Å². The monoisotopic (exact) mass is 307 g/mol. The van der Waals surface area contributed by atoms with Gasteiger partial charge in [-0.05, 0) is 23.6 Å². The molecule has 1 aliphatic heterocycles. The van der Waals surface area contributed by atoms with Crippen LogP contribution in [0.25, 0.3) is 10.8 Å². The lowest BCUT2D eigenvalue weighted by Crippen LogP contribution is -2.11. The van der Waals surface area contributed by atoms with Gasteiger partial charge in [-0.1, -0.05) is 12.1 Å². The number of carbonyl (C=O) groups is 1. The lowest BCUT2D eigenvalue weighted by Gasteiger charge is -2.02. The molecular weight excluding hydrogens is 296 g/mol. The molecule has 3 rings (SSSR count). The van der Waals surface area contributed by atoms with Gasteiger partial charge in [-0.2, -0.15) is 0 Å². The van der Waals surface area contributed by atoms with E-state index in [9.17, 15) is 4.79 Å². The highest BCUT2D eigenvalue weighted by atomic mass is 35.5. The van der Waals surface area contributed by atoms with Crippen molar-refractivity contribution >= 4 is 65.3 Å². The Morgan fingerprint density at radius 3 is 2.33 bits per heavy atom. The van der Waals surface area contributed by atoms with E-state index in [4.69, 9.17) is 5.73 Å². The van der Waals surface area contributed by atoms with Gasteiger partial charge in [0.2, 0.25) is 5.91 Å². The number of nitrogens with one attached hydrogen (secondary N) is 2. The van der Waals surface area contributed by atoms with Crippen LogP contribution in [-0.4, -0.2) is 5.91 Å². The second-order valence-electron chi connectivity index (χ2n) is 3.54. The molecule has 98 valence electrons. The Hall–Kier alpha value is -1.36. The lowest BCUT2D eigenvalue weighted by atomic mass is 10.0. The van der Waals surface area contributed by atoms with Crippen LogP contribution < -0.4 is 16.6 Å². The second-order valence-corrected chi connectivity index (χ2v) is 3.54. The van der Waals surface area contributed by atoms with Crippen molar-refractivity contribution in [3.63, 3.8) is 0 Å². The van der Waals surface area contributed by atoms with Crippen molar-refractivity contribution < 1.29 is 4.79 Å². The molecular formula is C11H12Cl3N3O. The van der Waals surface area contributed by atoms with Gasteiger partial charge in [-0.25, -0.2) is 0 Å². The van der Waals surface area contributed by atoms with E-state index >= 15 is 0 Å². The Morgan fingerprint density at radius 2 is 1.67 bits per heavy atom. The van der Waals surface area contributed by atoms with Crippen LogP contribution in [0, 0.1) is 0 Å². The van der Waals surface area contributed by atoms with E-state index in [1.807, 2.05) is 18.2 Å². The topological polar surface area (TPSA) is 67.2 Å². The van der Waals surface area contributed by atoms with Gasteiger partial charge >= 0.3 is 0 Å². The van der Waals surface area contributed by atoms with E-state index < -0.39 is 5.91 Å². The van der Waals surface area contributed by atoms with Crippen molar-refractivity contribution in [2.75, 3.05) is 10.9 Å². The highest BCUT2D eigenvalue weighted by molar-refractivity contribution is 6.10. The van der Waals surface area contributed by atoms with E-state index in [-0.39, 0.29) is 37.2 Å². The largest absolute Gasteiger partial charge is 0.366 e. The molecule has 1 amide bonds. The molecule has 2 aromatic carbocycles. The summed E-state index contributed by atoms with van der Waals surface area (Å²) in [4.78, 5) is 11.1. The number of primary amides is 1. The van der Waals surface area contributed by atoms with E-state index in [1.54, 1.807) is 12.1 Å². The fraction of sp³-hybridized carbons (Fsp3) is 0. The minimum Gasteiger partial charge on any atom is -0.366 e. The first-order chi connectivity index (χ1) is 7.25. The fourth-order valence-electron chi connectivity index (χ4n) is 1.91. The molecule has 0 aliphatic carbocycles. The average Bonchev–Trinajstić information content (AvgIpc) is 2.64. The third-order valence-electron chi connectivity index (χ3n) is 2.59. The predicted octanol–water partition coefficient (Wildman–Crippen LogP) is 2.96. The number of hydrazine groups is 1. The van der Waals surface area contributed by atoms with E-state index in [0.29, 0.717) is 5.56 Å². The molecule has 7 heteroatoms. The summed E-state index contributed by atoms with van der Waals surface area (Å²) in [5.74, 6) is -0.410. The Balaban J connectivity index is 0.000000963. The summed E-state index contributed by atoms with van der Waals surface area (Å²) in [6.07, 6.45) is 0. The first kappa shape index (κ1) is 16.6. The van der Waals surface area contributed by atoms with Crippen molar-refractivity contribution in [2.45, 2.75) is 0 Å². The minimum absolute atomic E-state index is 0. The molecule has 18 heavy (non-hydrogen) atoms. The zero-order valence-electron chi connectivity index (χ0n) is 9.10. The highest BCUT2D eigenvalue weighted by Crippen LogP contribution is 2.35. The molecule has 0 radical (unpaired) electrons. The maximum atomic E-state index is 11.1. The molecule has 0 aromatic heterocycles. The highest BCUT2D eigenvalue weighted by Gasteiger charge is 2.15. The normalized spacial score (nSPS) is 10.2. The number of rotatable bonds is 1. The van der Waals surface area contributed by atoms with Gasteiger partial charge in [-0.15, -0.1) is 37.2 Å². The van der Waals surface area contributed by atoms with Crippen LogP contribution in [0.5, 0.6) is 0 Å². The van der Waals surface area contributed by atoms with Crippen LogP contribution in [0.2, 0.25) is 0 Å². The number of benzene rings is 2. The molecule has 0 fully saturated rings. The summed E-state index contributed by atoms with van der Waals surface area (Å²) in [5.41, 5.74) is 13.8. The number of amides is 1. The van der Waals surface area contributed by atoms with Gasteiger partial charge in [0, 0.05) is 10.9 Å². The summed E-state index contributed by atoms with van der Waals surface area (Å²) in [5, 5.41) is 2.11. The molecule has 0 saturated carbocycles. The molecule has 2 aromatic rings. The van der Waals surface area contributed by atoms with Gasteiger partial charge in [0.1, 0.15) is 0 Å². The van der Waals surface area contributed by atoms with Gasteiger partial charge in [0.25, 0.3) is 0 Å². The molecule has 1 heterocycles. The summed E-state index contributed by atoms with van der Waals surface area (Å²) < 4.78 is 0. The standard InChI is InChI=1S/C11H9N3O.3ClH/c12-11(15)7-4-6-2-1-3-8-10(6)9(5-7)14-13-8;;;/h1-5,13-14H,(H2,12,15);3*1H. The summed E-state index contributed by atoms with van der Waals surface area (Å²) in [6.45, 7) is 0. The first-order valence-corrected chi connectivity index (χ1v) is 4.64. The molecule has 0 spiro atoms. The predicted molar refractivity (Wildman–Crippen MR) is 81.5 cm³/mol. The molecule has 0 bridgehead atoms. The zero-order chi connectivity index (χ0) is 10.4. The molecule has 0 unspecified atom stereocenters. The number of hydrogen-bond donors (Lipinski definition) is 3. The molecule has 4 nitrogen and oxygen atoms in total. The van der Waals surface area contributed by atoms with E-state index in [0.717, 1.165) is 22.1 Å². The fourth-order valence-corrected chi connectivity index (χ4v) is 1.91. The average molecular weight is 309 g/mol. The van der Waals surface area contributed by atoms with Crippen LogP contribution >= 0.6 is 37.2 Å². The lowest BCUT2D eigenvalue weighted by molar-refractivity contribution is 0.100. The Morgan fingerprint density at radius 1 is 1.00 bits per heavy atom. The van der Waals surface area contributed by atoms with Crippen molar-refractivity contribution in [3.8, 4) is 0 Å². The summed E-state index contributed by atoms with van der Waals surface area (Å²) in [7, 11) is 0. The number of nitrogens with two attached hydrogens (primary N) is 1. The molecule has 1 aliphatic rings. The van der Waals surface area contributed by atoms with Gasteiger partial charge in [0.15, 0.2) is 0 Å². The van der Waals surface area contributed by atoms with Gasteiger partial charge in [-0.3, -0.25) is 4.79 Å². The minimum atomic E-state index is -0.410. The third-order valence-corrected chi connectivity index (χ3v) is 2.59. The Kier molecular flexibility index (Phi) is 5.55. The van der Waals surface area contributed by atoms with Crippen molar-refractivity contribution in [1.82, 2.24) is 0 Å². The van der Waals surface area contributed by atoms with E-state index in [1.165, 1.54) is 0 Å². The van der Waals surface area contributed by atoms with Gasteiger partial charge in [0.05, 0.1) is 11.4 Å². The maximum absolute atomic E-state index is 11.1. The van der Waals surface area contributed by atoms with Crippen molar-refractivity contribution in [3.05, 3.63) is 35.9 Å². The van der Waals surface area contributed by atoms with Crippen LogP contribution in [0.1, 0.15) is 10.4 Å². The Bertz CT molecular complexity index is 589. The maximum Gasteiger partial charge on any atom is 0.248 e.